The van der Waals surface area contributed by atoms with Crippen LogP contribution in [0.25, 0.3) is 0 Å². The molecule has 1 heterocycles. The van der Waals surface area contributed by atoms with Crippen molar-refractivity contribution in [2.24, 2.45) is 0 Å². The Kier molecular flexibility index (Phi) is 6.80. The number of anilines is 1. The Labute approximate surface area is 177 Å². The van der Waals surface area contributed by atoms with Gasteiger partial charge in [-0.2, -0.15) is 0 Å². The maximum atomic E-state index is 13.5. The SMILES string of the molecule is CCCC[C@@H]1N(C)C(=O)[C@H](Cc2ccccc2)N1C(=O)N(C)c1ccc(Cl)cc1. The van der Waals surface area contributed by atoms with Gasteiger partial charge in [0.2, 0.25) is 5.91 Å². The van der Waals surface area contributed by atoms with Crippen LogP contribution in [0.5, 0.6) is 0 Å². The zero-order valence-electron chi connectivity index (χ0n) is 17.2. The lowest BCUT2D eigenvalue weighted by atomic mass is 10.0. The number of halogens is 1. The normalized spacial score (nSPS) is 19.0. The zero-order valence-corrected chi connectivity index (χ0v) is 18.0. The molecule has 0 N–H and O–H groups in total. The number of amides is 3. The van der Waals surface area contributed by atoms with Crippen molar-refractivity contribution in [2.75, 3.05) is 19.0 Å². The summed E-state index contributed by atoms with van der Waals surface area (Å²) in [7, 11) is 3.54. The Hall–Kier alpha value is -2.53. The number of hydrogen-bond acceptors (Lipinski definition) is 2. The molecule has 0 unspecified atom stereocenters. The van der Waals surface area contributed by atoms with Crippen LogP contribution >= 0.6 is 11.6 Å². The summed E-state index contributed by atoms with van der Waals surface area (Å²) in [5, 5.41) is 0.619. The van der Waals surface area contributed by atoms with E-state index in [1.165, 1.54) is 0 Å². The number of benzene rings is 2. The molecule has 0 spiro atoms. The predicted molar refractivity (Wildman–Crippen MR) is 117 cm³/mol. The number of carbonyl (C=O) groups is 2. The number of urea groups is 1. The van der Waals surface area contributed by atoms with Gasteiger partial charge in [0.25, 0.3) is 0 Å². The second kappa shape index (κ2) is 9.31. The van der Waals surface area contributed by atoms with Crippen LogP contribution in [-0.2, 0) is 11.2 Å². The fourth-order valence-corrected chi connectivity index (χ4v) is 3.97. The summed E-state index contributed by atoms with van der Waals surface area (Å²) in [4.78, 5) is 31.7. The largest absolute Gasteiger partial charge is 0.326 e. The molecular formula is C23H28ClN3O2. The maximum absolute atomic E-state index is 13.5. The molecule has 1 aliphatic rings. The van der Waals surface area contributed by atoms with Crippen LogP contribution in [0.3, 0.4) is 0 Å². The third kappa shape index (κ3) is 4.56. The van der Waals surface area contributed by atoms with Crippen LogP contribution in [0.4, 0.5) is 10.5 Å². The molecule has 0 radical (unpaired) electrons. The van der Waals surface area contributed by atoms with Gasteiger partial charge in [0, 0.05) is 31.2 Å². The van der Waals surface area contributed by atoms with Crippen molar-refractivity contribution in [3.8, 4) is 0 Å². The van der Waals surface area contributed by atoms with Crippen molar-refractivity contribution < 1.29 is 9.59 Å². The van der Waals surface area contributed by atoms with Crippen LogP contribution in [0.15, 0.2) is 54.6 Å². The summed E-state index contributed by atoms with van der Waals surface area (Å²) in [5.74, 6) is -0.00666. The summed E-state index contributed by atoms with van der Waals surface area (Å²) in [6, 6.07) is 16.3. The highest BCUT2D eigenvalue weighted by Crippen LogP contribution is 2.29. The summed E-state index contributed by atoms with van der Waals surface area (Å²) >= 11 is 5.99. The van der Waals surface area contributed by atoms with Gasteiger partial charge in [-0.1, -0.05) is 55.3 Å². The molecule has 2 aromatic rings. The second-order valence-electron chi connectivity index (χ2n) is 7.50. The van der Waals surface area contributed by atoms with Gasteiger partial charge in [-0.3, -0.25) is 14.6 Å². The minimum atomic E-state index is -0.508. The number of unbranched alkanes of at least 4 members (excludes halogenated alkanes) is 1. The van der Waals surface area contributed by atoms with E-state index in [2.05, 4.69) is 6.92 Å². The monoisotopic (exact) mass is 413 g/mol. The van der Waals surface area contributed by atoms with Crippen molar-refractivity contribution in [2.45, 2.75) is 44.8 Å². The Morgan fingerprint density at radius 3 is 2.38 bits per heavy atom. The minimum absolute atomic E-state index is 0.00666. The van der Waals surface area contributed by atoms with E-state index in [4.69, 9.17) is 11.6 Å². The summed E-state index contributed by atoms with van der Waals surface area (Å²) < 4.78 is 0. The van der Waals surface area contributed by atoms with E-state index in [1.54, 1.807) is 40.9 Å². The van der Waals surface area contributed by atoms with Crippen molar-refractivity contribution >= 4 is 29.2 Å². The van der Waals surface area contributed by atoms with E-state index >= 15 is 0 Å². The average molecular weight is 414 g/mol. The fourth-order valence-electron chi connectivity index (χ4n) is 3.85. The molecule has 1 saturated heterocycles. The highest BCUT2D eigenvalue weighted by atomic mass is 35.5. The topological polar surface area (TPSA) is 43.9 Å². The van der Waals surface area contributed by atoms with E-state index in [0.29, 0.717) is 11.4 Å². The smallest absolute Gasteiger partial charge is 0.323 e. The van der Waals surface area contributed by atoms with E-state index in [9.17, 15) is 9.59 Å². The standard InChI is InChI=1S/C23H28ClN3O2/c1-4-5-11-21-26(3)22(28)20(16-17-9-7-6-8-10-17)27(21)23(29)25(2)19-14-12-18(24)13-15-19/h6-10,12-15,20-21H,4-5,11,16H2,1-3H3/t20-,21+/m0/s1. The van der Waals surface area contributed by atoms with Crippen molar-refractivity contribution in [1.82, 2.24) is 9.80 Å². The Morgan fingerprint density at radius 2 is 1.76 bits per heavy atom. The quantitative estimate of drug-likeness (QED) is 0.682. The molecule has 0 aliphatic carbocycles. The Morgan fingerprint density at radius 1 is 1.10 bits per heavy atom. The van der Waals surface area contributed by atoms with Crippen LogP contribution in [-0.4, -0.2) is 48.0 Å². The number of carbonyl (C=O) groups excluding carboxylic acids is 2. The van der Waals surface area contributed by atoms with Gasteiger partial charge in [0.15, 0.2) is 0 Å². The molecule has 1 fully saturated rings. The van der Waals surface area contributed by atoms with Gasteiger partial charge in [-0.05, 0) is 42.7 Å². The fraction of sp³-hybridized carbons (Fsp3) is 0.391. The molecule has 29 heavy (non-hydrogen) atoms. The number of rotatable bonds is 6. The maximum Gasteiger partial charge on any atom is 0.326 e. The molecule has 1 aliphatic heterocycles. The van der Waals surface area contributed by atoms with Crippen molar-refractivity contribution in [3.63, 3.8) is 0 Å². The molecule has 3 amide bonds. The molecule has 2 atom stereocenters. The van der Waals surface area contributed by atoms with Gasteiger partial charge in [-0.15, -0.1) is 0 Å². The summed E-state index contributed by atoms with van der Waals surface area (Å²) in [5.41, 5.74) is 1.79. The lowest BCUT2D eigenvalue weighted by Crippen LogP contribution is -2.50. The van der Waals surface area contributed by atoms with E-state index in [-0.39, 0.29) is 18.1 Å². The molecule has 0 saturated carbocycles. The molecular weight excluding hydrogens is 386 g/mol. The average Bonchev–Trinajstić information content (AvgIpc) is 2.97. The van der Waals surface area contributed by atoms with E-state index in [0.717, 1.165) is 30.5 Å². The van der Waals surface area contributed by atoms with Crippen LogP contribution in [0.1, 0.15) is 31.7 Å². The first-order chi connectivity index (χ1) is 13.9. The lowest BCUT2D eigenvalue weighted by Gasteiger charge is -2.33. The predicted octanol–water partition coefficient (Wildman–Crippen LogP) is 4.80. The summed E-state index contributed by atoms with van der Waals surface area (Å²) in [6.07, 6.45) is 3.00. The first kappa shape index (κ1) is 21.2. The number of nitrogens with zero attached hydrogens (tertiary/aromatic N) is 3. The summed E-state index contributed by atoms with van der Waals surface area (Å²) in [6.45, 7) is 2.12. The van der Waals surface area contributed by atoms with Gasteiger partial charge in [0.05, 0.1) is 0 Å². The molecule has 2 aromatic carbocycles. The van der Waals surface area contributed by atoms with Crippen molar-refractivity contribution in [1.29, 1.82) is 0 Å². The lowest BCUT2D eigenvalue weighted by molar-refractivity contribution is -0.128. The number of likely N-dealkylation sites (N-methyl/N-ethyl adjacent to an activating group) is 1. The second-order valence-corrected chi connectivity index (χ2v) is 7.94. The highest BCUT2D eigenvalue weighted by Gasteiger charge is 2.47. The molecule has 0 aromatic heterocycles. The third-order valence-electron chi connectivity index (χ3n) is 5.55. The van der Waals surface area contributed by atoms with Gasteiger partial charge in [0.1, 0.15) is 12.2 Å². The minimum Gasteiger partial charge on any atom is -0.323 e. The highest BCUT2D eigenvalue weighted by molar-refractivity contribution is 6.30. The zero-order chi connectivity index (χ0) is 21.0. The number of hydrogen-bond donors (Lipinski definition) is 0. The molecule has 5 nitrogen and oxygen atoms in total. The van der Waals surface area contributed by atoms with Crippen LogP contribution in [0, 0.1) is 0 Å². The van der Waals surface area contributed by atoms with Gasteiger partial charge >= 0.3 is 6.03 Å². The first-order valence-corrected chi connectivity index (χ1v) is 10.4. The van der Waals surface area contributed by atoms with Gasteiger partial charge in [-0.25, -0.2) is 4.79 Å². The van der Waals surface area contributed by atoms with Crippen molar-refractivity contribution in [3.05, 3.63) is 65.2 Å². The molecule has 154 valence electrons. The van der Waals surface area contributed by atoms with E-state index < -0.39 is 6.04 Å². The first-order valence-electron chi connectivity index (χ1n) is 10.1. The van der Waals surface area contributed by atoms with Gasteiger partial charge < -0.3 is 4.90 Å². The Bertz CT molecular complexity index is 841. The molecule has 6 heteroatoms. The van der Waals surface area contributed by atoms with E-state index in [1.807, 2.05) is 42.5 Å². The Balaban J connectivity index is 1.91. The van der Waals surface area contributed by atoms with Crippen LogP contribution < -0.4 is 4.90 Å². The third-order valence-corrected chi connectivity index (χ3v) is 5.80. The van der Waals surface area contributed by atoms with Crippen LogP contribution in [0.2, 0.25) is 5.02 Å². The molecule has 3 rings (SSSR count). The molecule has 0 bridgehead atoms.